The summed E-state index contributed by atoms with van der Waals surface area (Å²) >= 11 is 0. The molecule has 2 atom stereocenters. The van der Waals surface area contributed by atoms with E-state index in [0.29, 0.717) is 17.5 Å². The zero-order valence-corrected chi connectivity index (χ0v) is 19.0. The first kappa shape index (κ1) is 21.2. The number of carbonyl (C=O) groups is 1. The molecule has 1 aromatic heterocycles. The molecule has 2 aromatic carbocycles. The predicted octanol–water partition coefficient (Wildman–Crippen LogP) is 5.93. The van der Waals surface area contributed by atoms with Crippen LogP contribution >= 0.6 is 0 Å². The highest BCUT2D eigenvalue weighted by Crippen LogP contribution is 2.46. The van der Waals surface area contributed by atoms with Crippen LogP contribution in [-0.4, -0.2) is 34.7 Å². The van der Waals surface area contributed by atoms with E-state index in [-0.39, 0.29) is 11.0 Å². The van der Waals surface area contributed by atoms with Crippen molar-refractivity contribution in [3.05, 3.63) is 48.0 Å². The Morgan fingerprint density at radius 3 is 2.48 bits per heavy atom. The van der Waals surface area contributed by atoms with Crippen LogP contribution in [0, 0.1) is 11.3 Å². The molecule has 6 nitrogen and oxygen atoms in total. The summed E-state index contributed by atoms with van der Waals surface area (Å²) in [6.07, 6.45) is 3.37. The van der Waals surface area contributed by atoms with Gasteiger partial charge in [-0.15, -0.1) is 0 Å². The standard InChI is InChI=1S/C25H32N4O2/c1-16-12-20(15-25(2,3)14-16)29-22-11-6-17(23(30)31)13-21(22)27-24(29)26-18-7-9-19(10-8-18)28(4)5/h6-11,13,16,20H,12,14-15H2,1-5H3,(H,26,27)(H,30,31)/t16-,20-/m0/s1. The highest BCUT2D eigenvalue weighted by atomic mass is 16.4. The Labute approximate surface area is 183 Å². The number of anilines is 3. The second-order valence-corrected chi connectivity index (χ2v) is 9.95. The maximum absolute atomic E-state index is 11.5. The Morgan fingerprint density at radius 2 is 1.87 bits per heavy atom. The minimum atomic E-state index is -0.933. The van der Waals surface area contributed by atoms with Gasteiger partial charge in [0.25, 0.3) is 0 Å². The third-order valence-electron chi connectivity index (χ3n) is 6.31. The van der Waals surface area contributed by atoms with Crippen LogP contribution < -0.4 is 10.2 Å². The molecule has 4 rings (SSSR count). The van der Waals surface area contributed by atoms with Crippen LogP contribution in [0.2, 0.25) is 0 Å². The monoisotopic (exact) mass is 420 g/mol. The third-order valence-corrected chi connectivity index (χ3v) is 6.31. The molecule has 0 amide bonds. The molecular weight excluding hydrogens is 388 g/mol. The fourth-order valence-electron chi connectivity index (χ4n) is 5.15. The number of hydrogen-bond donors (Lipinski definition) is 2. The van der Waals surface area contributed by atoms with E-state index in [1.807, 2.05) is 20.2 Å². The molecule has 0 radical (unpaired) electrons. The fraction of sp³-hybridized carbons (Fsp3) is 0.440. The number of fused-ring (bicyclic) bond motifs is 1. The smallest absolute Gasteiger partial charge is 0.335 e. The van der Waals surface area contributed by atoms with Crippen molar-refractivity contribution in [3.63, 3.8) is 0 Å². The average Bonchev–Trinajstić information content (AvgIpc) is 3.03. The number of carboxylic acid groups (broad SMARTS) is 1. The van der Waals surface area contributed by atoms with Crippen molar-refractivity contribution in [1.29, 1.82) is 0 Å². The molecule has 6 heteroatoms. The first-order valence-corrected chi connectivity index (χ1v) is 10.9. The van der Waals surface area contributed by atoms with Gasteiger partial charge in [0.2, 0.25) is 5.95 Å². The van der Waals surface area contributed by atoms with Gasteiger partial charge in [-0.3, -0.25) is 0 Å². The van der Waals surface area contributed by atoms with Gasteiger partial charge < -0.3 is 19.9 Å². The fourth-order valence-corrected chi connectivity index (χ4v) is 5.15. The predicted molar refractivity (Wildman–Crippen MR) is 127 cm³/mol. The van der Waals surface area contributed by atoms with Gasteiger partial charge in [0.1, 0.15) is 0 Å². The van der Waals surface area contributed by atoms with E-state index >= 15 is 0 Å². The summed E-state index contributed by atoms with van der Waals surface area (Å²) in [7, 11) is 4.04. The van der Waals surface area contributed by atoms with Crippen LogP contribution in [0.3, 0.4) is 0 Å². The van der Waals surface area contributed by atoms with Crippen molar-refractivity contribution < 1.29 is 9.90 Å². The van der Waals surface area contributed by atoms with Crippen molar-refractivity contribution in [2.45, 2.75) is 46.1 Å². The molecule has 0 aliphatic heterocycles. The van der Waals surface area contributed by atoms with Crippen LogP contribution in [0.15, 0.2) is 42.5 Å². The van der Waals surface area contributed by atoms with Crippen molar-refractivity contribution >= 4 is 34.3 Å². The first-order chi connectivity index (χ1) is 14.6. The van der Waals surface area contributed by atoms with E-state index in [1.165, 1.54) is 6.42 Å². The number of imidazole rings is 1. The van der Waals surface area contributed by atoms with Gasteiger partial charge in [0, 0.05) is 31.5 Å². The average molecular weight is 421 g/mol. The quantitative estimate of drug-likeness (QED) is 0.535. The Bertz CT molecular complexity index is 1100. The van der Waals surface area contributed by atoms with Crippen LogP contribution in [0.25, 0.3) is 11.0 Å². The Kier molecular flexibility index (Phi) is 5.42. The lowest BCUT2D eigenvalue weighted by molar-refractivity contribution is 0.0697. The lowest BCUT2D eigenvalue weighted by atomic mass is 9.70. The number of nitrogens with zero attached hydrogens (tertiary/aromatic N) is 3. The van der Waals surface area contributed by atoms with Crippen LogP contribution in [-0.2, 0) is 0 Å². The van der Waals surface area contributed by atoms with Crippen molar-refractivity contribution in [2.75, 3.05) is 24.3 Å². The van der Waals surface area contributed by atoms with Crippen molar-refractivity contribution in [3.8, 4) is 0 Å². The number of rotatable bonds is 5. The van der Waals surface area contributed by atoms with Crippen molar-refractivity contribution in [1.82, 2.24) is 9.55 Å². The SMILES string of the molecule is C[C@H]1C[C@H](n2c(Nc3ccc(N(C)C)cc3)nc3cc(C(=O)O)ccc32)CC(C)(C)C1. The Balaban J connectivity index is 1.78. The van der Waals surface area contributed by atoms with Crippen LogP contribution in [0.5, 0.6) is 0 Å². The summed E-state index contributed by atoms with van der Waals surface area (Å²) in [5, 5.41) is 12.9. The maximum Gasteiger partial charge on any atom is 0.335 e. The van der Waals surface area contributed by atoms with Crippen LogP contribution in [0.1, 0.15) is 56.4 Å². The normalized spacial score (nSPS) is 20.5. The van der Waals surface area contributed by atoms with E-state index in [2.05, 4.69) is 59.8 Å². The molecule has 164 valence electrons. The molecule has 1 heterocycles. The molecule has 0 bridgehead atoms. The minimum absolute atomic E-state index is 0.255. The molecule has 1 aliphatic carbocycles. The molecule has 1 aliphatic rings. The minimum Gasteiger partial charge on any atom is -0.478 e. The highest BCUT2D eigenvalue weighted by Gasteiger charge is 2.34. The molecule has 0 saturated heterocycles. The number of benzene rings is 2. The molecular formula is C25H32N4O2. The highest BCUT2D eigenvalue weighted by molar-refractivity contribution is 5.93. The van der Waals surface area contributed by atoms with Gasteiger partial charge in [-0.25, -0.2) is 9.78 Å². The molecule has 2 N–H and O–H groups in total. The van der Waals surface area contributed by atoms with Gasteiger partial charge in [0.05, 0.1) is 16.6 Å². The van der Waals surface area contributed by atoms with Gasteiger partial charge >= 0.3 is 5.97 Å². The molecule has 0 unspecified atom stereocenters. The zero-order chi connectivity index (χ0) is 22.3. The molecule has 1 saturated carbocycles. The number of carboxylic acids is 1. The van der Waals surface area contributed by atoms with E-state index in [1.54, 1.807) is 12.1 Å². The number of nitrogens with one attached hydrogen (secondary N) is 1. The summed E-state index contributed by atoms with van der Waals surface area (Å²) < 4.78 is 2.29. The molecule has 0 spiro atoms. The van der Waals surface area contributed by atoms with Crippen molar-refractivity contribution in [2.24, 2.45) is 11.3 Å². The maximum atomic E-state index is 11.5. The lowest BCUT2D eigenvalue weighted by Gasteiger charge is -2.40. The van der Waals surface area contributed by atoms with Crippen LogP contribution in [0.4, 0.5) is 17.3 Å². The van der Waals surface area contributed by atoms with E-state index in [9.17, 15) is 9.90 Å². The lowest BCUT2D eigenvalue weighted by Crippen LogP contribution is -2.29. The molecule has 1 fully saturated rings. The third kappa shape index (κ3) is 4.38. The van der Waals surface area contributed by atoms with E-state index < -0.39 is 5.97 Å². The Morgan fingerprint density at radius 1 is 1.16 bits per heavy atom. The van der Waals surface area contributed by atoms with Gasteiger partial charge in [-0.2, -0.15) is 0 Å². The largest absolute Gasteiger partial charge is 0.478 e. The topological polar surface area (TPSA) is 70.4 Å². The number of aromatic nitrogens is 2. The second-order valence-electron chi connectivity index (χ2n) is 9.95. The summed E-state index contributed by atoms with van der Waals surface area (Å²) in [4.78, 5) is 18.4. The summed E-state index contributed by atoms with van der Waals surface area (Å²) in [6.45, 7) is 7.00. The molecule has 3 aromatic rings. The molecule has 31 heavy (non-hydrogen) atoms. The number of hydrogen-bond acceptors (Lipinski definition) is 4. The van der Waals surface area contributed by atoms with E-state index in [0.717, 1.165) is 35.7 Å². The summed E-state index contributed by atoms with van der Waals surface area (Å²) in [5.41, 5.74) is 4.30. The van der Waals surface area contributed by atoms with Gasteiger partial charge in [-0.05, 0) is 73.1 Å². The summed E-state index contributed by atoms with van der Waals surface area (Å²) in [6, 6.07) is 13.8. The summed E-state index contributed by atoms with van der Waals surface area (Å²) in [5.74, 6) is 0.458. The van der Waals surface area contributed by atoms with Gasteiger partial charge in [-0.1, -0.05) is 20.8 Å². The Hall–Kier alpha value is -3.02. The zero-order valence-electron chi connectivity index (χ0n) is 19.0. The van der Waals surface area contributed by atoms with E-state index in [4.69, 9.17) is 4.98 Å². The van der Waals surface area contributed by atoms with Gasteiger partial charge in [0.15, 0.2) is 0 Å². The first-order valence-electron chi connectivity index (χ1n) is 10.9. The number of aromatic carboxylic acids is 1. The second kappa shape index (κ2) is 7.91.